The minimum absolute atomic E-state index is 0.0369. The van der Waals surface area contributed by atoms with Crippen molar-refractivity contribution in [2.24, 2.45) is 0 Å². The van der Waals surface area contributed by atoms with Gasteiger partial charge in [-0.3, -0.25) is 9.59 Å². The lowest BCUT2D eigenvalue weighted by Gasteiger charge is -2.50. The summed E-state index contributed by atoms with van der Waals surface area (Å²) in [6.45, 7) is 15.3. The summed E-state index contributed by atoms with van der Waals surface area (Å²) in [4.78, 5) is 24.8. The normalized spacial score (nSPS) is 25.9. The highest BCUT2D eigenvalue weighted by Crippen LogP contribution is 2.38. The third kappa shape index (κ3) is 6.99. The van der Waals surface area contributed by atoms with Crippen molar-refractivity contribution in [1.29, 1.82) is 0 Å². The molecule has 8 nitrogen and oxygen atoms in total. The van der Waals surface area contributed by atoms with Gasteiger partial charge in [0.2, 0.25) is 11.8 Å². The first kappa shape index (κ1) is 27.7. The lowest BCUT2D eigenvalue weighted by molar-refractivity contribution is -0.290. The molecule has 2 rings (SSSR count). The maximum Gasteiger partial charge on any atom is 0.231 e. The number of amides is 2. The Morgan fingerprint density at radius 2 is 0.906 bits per heavy atom. The molecule has 2 heterocycles. The van der Waals surface area contributed by atoms with Crippen molar-refractivity contribution in [3.8, 4) is 0 Å². The van der Waals surface area contributed by atoms with E-state index in [0.29, 0.717) is 25.7 Å². The number of carbonyl (C=O) groups excluding carboxylic acids is 2. The minimum Gasteiger partial charge on any atom is -0.352 e. The van der Waals surface area contributed by atoms with E-state index in [1.165, 1.54) is 21.6 Å². The van der Waals surface area contributed by atoms with Crippen molar-refractivity contribution in [2.75, 3.05) is 11.5 Å². The molecular weight excluding hydrogens is 448 g/mol. The second-order valence-corrected chi connectivity index (χ2v) is 14.2. The Balaban J connectivity index is 1.71. The molecule has 2 aliphatic heterocycles. The monoisotopic (exact) mass is 488 g/mol. The van der Waals surface area contributed by atoms with Gasteiger partial charge in [0.25, 0.3) is 0 Å². The first-order chi connectivity index (χ1) is 14.5. The van der Waals surface area contributed by atoms with Gasteiger partial charge in [-0.25, -0.2) is 0 Å². The van der Waals surface area contributed by atoms with Crippen molar-refractivity contribution < 1.29 is 20.0 Å². The molecule has 2 N–H and O–H groups in total. The van der Waals surface area contributed by atoms with E-state index in [0.717, 1.165) is 10.1 Å². The smallest absolute Gasteiger partial charge is 0.231 e. The fraction of sp³-hybridized carbons (Fsp3) is 0.909. The van der Waals surface area contributed by atoms with Crippen molar-refractivity contribution in [2.45, 2.75) is 115 Å². The molecule has 2 aliphatic rings. The molecule has 0 aromatic rings. The standard InChI is InChI=1S/C22H40N4O4S2/c1-19(2)9-15(10-20(3,4)25(19)29)23-17(27)13-31-32-14-18(28)24-16-11-21(5,6)26(30)22(7,8)12-16/h15-16H,9-14H2,1-8H3,(H,23,27)(H,24,28). The van der Waals surface area contributed by atoms with Gasteiger partial charge in [-0.1, -0.05) is 21.6 Å². The summed E-state index contributed by atoms with van der Waals surface area (Å²) in [5.74, 6) is 0.353. The van der Waals surface area contributed by atoms with Gasteiger partial charge in [0.1, 0.15) is 0 Å². The number of nitrogens with one attached hydrogen (secondary N) is 2. The van der Waals surface area contributed by atoms with Crippen LogP contribution in [0.4, 0.5) is 0 Å². The van der Waals surface area contributed by atoms with E-state index in [1.807, 2.05) is 55.4 Å². The number of rotatable bonds is 7. The minimum atomic E-state index is -0.523. The van der Waals surface area contributed by atoms with E-state index in [4.69, 9.17) is 0 Å². The predicted octanol–water partition coefficient (Wildman–Crippen LogP) is 3.33. The third-order valence-corrected chi connectivity index (χ3v) is 8.51. The van der Waals surface area contributed by atoms with E-state index in [2.05, 4.69) is 10.6 Å². The fourth-order valence-corrected chi connectivity index (χ4v) is 7.15. The first-order valence-electron chi connectivity index (χ1n) is 11.2. The van der Waals surface area contributed by atoms with Crippen molar-refractivity contribution >= 4 is 33.4 Å². The molecule has 0 spiro atoms. The Morgan fingerprint density at radius 1 is 0.656 bits per heavy atom. The van der Waals surface area contributed by atoms with Gasteiger partial charge in [0.05, 0.1) is 11.5 Å². The largest absolute Gasteiger partial charge is 0.352 e. The number of hydrogen-bond donors (Lipinski definition) is 2. The maximum absolute atomic E-state index is 12.4. The molecule has 0 aromatic carbocycles. The van der Waals surface area contributed by atoms with Gasteiger partial charge in [-0.05, 0) is 81.1 Å². The van der Waals surface area contributed by atoms with Crippen LogP contribution in [0.15, 0.2) is 0 Å². The average molecular weight is 489 g/mol. The molecule has 184 valence electrons. The number of hydrogen-bond acceptors (Lipinski definition) is 6. The molecule has 0 bridgehead atoms. The number of nitrogens with zero attached hydrogens (tertiary/aromatic N) is 2. The van der Waals surface area contributed by atoms with Crippen LogP contribution in [0.1, 0.15) is 81.1 Å². The topological polar surface area (TPSA) is 104 Å². The highest BCUT2D eigenvalue weighted by molar-refractivity contribution is 8.77. The summed E-state index contributed by atoms with van der Waals surface area (Å²) >= 11 is 0. The summed E-state index contributed by atoms with van der Waals surface area (Å²) in [7, 11) is 2.71. The lowest BCUT2D eigenvalue weighted by Crippen LogP contribution is -2.62. The Kier molecular flexibility index (Phi) is 8.66. The molecule has 0 aliphatic carbocycles. The molecule has 2 fully saturated rings. The zero-order chi connectivity index (χ0) is 24.5. The van der Waals surface area contributed by atoms with E-state index in [1.54, 1.807) is 0 Å². The SMILES string of the molecule is CC1(C)CC(NC(=O)CSSCC(=O)NC2CC(C)(C)N([O])C(C)(C)C2)CC(C)(C)N1[O]. The van der Waals surface area contributed by atoms with Crippen molar-refractivity contribution in [1.82, 2.24) is 20.8 Å². The van der Waals surface area contributed by atoms with Gasteiger partial charge < -0.3 is 10.6 Å². The van der Waals surface area contributed by atoms with Gasteiger partial charge >= 0.3 is 0 Å². The summed E-state index contributed by atoms with van der Waals surface area (Å²) < 4.78 is 0. The van der Waals surface area contributed by atoms with Gasteiger partial charge in [0, 0.05) is 34.2 Å². The summed E-state index contributed by atoms with van der Waals surface area (Å²) in [5, 5.41) is 33.3. The van der Waals surface area contributed by atoms with Gasteiger partial charge in [-0.2, -0.15) is 0 Å². The Morgan fingerprint density at radius 3 is 1.16 bits per heavy atom. The van der Waals surface area contributed by atoms with Crippen LogP contribution in [0.2, 0.25) is 0 Å². The van der Waals surface area contributed by atoms with Gasteiger partial charge in [-0.15, -0.1) is 20.5 Å². The van der Waals surface area contributed by atoms with Crippen LogP contribution in [-0.2, 0) is 20.0 Å². The highest BCUT2D eigenvalue weighted by atomic mass is 33.1. The molecular formula is C22H40N4O4S2. The van der Waals surface area contributed by atoms with Crippen LogP contribution in [0, 0.1) is 0 Å². The van der Waals surface area contributed by atoms with Crippen molar-refractivity contribution in [3.63, 3.8) is 0 Å². The van der Waals surface area contributed by atoms with Crippen LogP contribution in [0.5, 0.6) is 0 Å². The first-order valence-corrected chi connectivity index (χ1v) is 13.7. The average Bonchev–Trinajstić information content (AvgIpc) is 2.60. The fourth-order valence-electron chi connectivity index (χ4n) is 5.46. The van der Waals surface area contributed by atoms with E-state index < -0.39 is 22.2 Å². The summed E-state index contributed by atoms with van der Waals surface area (Å²) in [5.41, 5.74) is -2.09. The van der Waals surface area contributed by atoms with Crippen LogP contribution < -0.4 is 10.6 Å². The van der Waals surface area contributed by atoms with E-state index in [-0.39, 0.29) is 35.4 Å². The Labute approximate surface area is 200 Å². The summed E-state index contributed by atoms with van der Waals surface area (Å²) in [6.07, 6.45) is 2.45. The van der Waals surface area contributed by atoms with Crippen LogP contribution in [-0.4, -0.2) is 67.7 Å². The molecule has 2 amide bonds. The summed E-state index contributed by atoms with van der Waals surface area (Å²) in [6, 6.07) is -0.0737. The van der Waals surface area contributed by atoms with Crippen LogP contribution in [0.25, 0.3) is 0 Å². The molecule has 32 heavy (non-hydrogen) atoms. The van der Waals surface area contributed by atoms with E-state index >= 15 is 0 Å². The quantitative estimate of drug-likeness (QED) is 0.421. The third-order valence-electron chi connectivity index (χ3n) is 6.38. The molecule has 0 aromatic heterocycles. The molecule has 2 radical (unpaired) electrons. The van der Waals surface area contributed by atoms with Crippen LogP contribution >= 0.6 is 21.6 Å². The van der Waals surface area contributed by atoms with Crippen molar-refractivity contribution in [3.05, 3.63) is 0 Å². The zero-order valence-corrected chi connectivity index (χ0v) is 22.4. The second-order valence-electron chi connectivity index (χ2n) is 11.7. The zero-order valence-electron chi connectivity index (χ0n) is 20.7. The number of piperidine rings is 2. The highest BCUT2D eigenvalue weighted by Gasteiger charge is 2.47. The molecule has 0 atom stereocenters. The lowest BCUT2D eigenvalue weighted by atomic mass is 9.79. The Hall–Kier alpha value is -0.520. The molecule has 10 heteroatoms. The number of hydroxylamine groups is 4. The van der Waals surface area contributed by atoms with Gasteiger partial charge in [0.15, 0.2) is 0 Å². The van der Waals surface area contributed by atoms with Crippen LogP contribution in [0.3, 0.4) is 0 Å². The molecule has 0 unspecified atom stereocenters. The number of carbonyl (C=O) groups is 2. The maximum atomic E-state index is 12.4. The molecule has 2 saturated heterocycles. The Bertz CT molecular complexity index is 605. The molecule has 0 saturated carbocycles. The second kappa shape index (κ2) is 10.00. The van der Waals surface area contributed by atoms with E-state index in [9.17, 15) is 20.0 Å². The predicted molar refractivity (Wildman–Crippen MR) is 129 cm³/mol.